The van der Waals surface area contributed by atoms with Crippen LogP contribution < -0.4 is 9.47 Å². The van der Waals surface area contributed by atoms with Gasteiger partial charge in [-0.1, -0.05) is 11.6 Å². The fourth-order valence-corrected chi connectivity index (χ4v) is 2.30. The van der Waals surface area contributed by atoms with E-state index in [1.165, 1.54) is 31.1 Å². The second kappa shape index (κ2) is 9.74. The van der Waals surface area contributed by atoms with E-state index in [9.17, 15) is 9.59 Å². The number of nitriles is 1. The van der Waals surface area contributed by atoms with Crippen molar-refractivity contribution in [3.05, 3.63) is 22.7 Å². The highest BCUT2D eigenvalue weighted by atomic mass is 35.5. The lowest BCUT2D eigenvalue weighted by Gasteiger charge is -2.20. The molecule has 0 N–H and O–H groups in total. The van der Waals surface area contributed by atoms with Gasteiger partial charge in [0, 0.05) is 13.6 Å². The van der Waals surface area contributed by atoms with Gasteiger partial charge in [0.05, 0.1) is 36.8 Å². The van der Waals surface area contributed by atoms with E-state index in [0.29, 0.717) is 18.1 Å². The summed E-state index contributed by atoms with van der Waals surface area (Å²) < 4.78 is 15.8. The van der Waals surface area contributed by atoms with Crippen molar-refractivity contribution in [1.82, 2.24) is 4.90 Å². The Balaban J connectivity index is 2.88. The number of hydrogen-bond donors (Lipinski definition) is 0. The van der Waals surface area contributed by atoms with Gasteiger partial charge in [0.25, 0.3) is 5.91 Å². The minimum Gasteiger partial charge on any atom is -0.493 e. The molecule has 1 aromatic carbocycles. The van der Waals surface area contributed by atoms with E-state index < -0.39 is 18.0 Å². The minimum absolute atomic E-state index is 0.143. The molecule has 0 fully saturated rings. The monoisotopic (exact) mass is 368 g/mol. The summed E-state index contributed by atoms with van der Waals surface area (Å²) in [5, 5.41) is 8.76. The third-order valence-electron chi connectivity index (χ3n) is 3.32. The maximum absolute atomic E-state index is 12.3. The number of carbonyl (C=O) groups excluding carboxylic acids is 2. The molecule has 7 nitrogen and oxygen atoms in total. The zero-order valence-electron chi connectivity index (χ0n) is 14.7. The highest BCUT2D eigenvalue weighted by Crippen LogP contribution is 2.36. The summed E-state index contributed by atoms with van der Waals surface area (Å²) in [6.45, 7) is 3.92. The molecule has 0 aliphatic heterocycles. The van der Waals surface area contributed by atoms with Crippen molar-refractivity contribution in [3.63, 3.8) is 0 Å². The Kier molecular flexibility index (Phi) is 8.02. The molecule has 0 bridgehead atoms. The first-order valence-corrected chi connectivity index (χ1v) is 8.06. The zero-order chi connectivity index (χ0) is 19.0. The quantitative estimate of drug-likeness (QED) is 0.655. The molecule has 1 amide bonds. The molecule has 0 aromatic heterocycles. The number of hydrogen-bond acceptors (Lipinski definition) is 6. The molecule has 0 aliphatic rings. The number of benzene rings is 1. The van der Waals surface area contributed by atoms with Gasteiger partial charge in [0.1, 0.15) is 0 Å². The highest BCUT2D eigenvalue weighted by molar-refractivity contribution is 6.32. The van der Waals surface area contributed by atoms with E-state index in [4.69, 9.17) is 31.1 Å². The second-order valence-corrected chi connectivity index (χ2v) is 5.55. The van der Waals surface area contributed by atoms with Gasteiger partial charge in [-0.25, -0.2) is 4.79 Å². The van der Waals surface area contributed by atoms with Crippen LogP contribution in [0, 0.1) is 11.3 Å². The van der Waals surface area contributed by atoms with Crippen LogP contribution in [0.4, 0.5) is 0 Å². The van der Waals surface area contributed by atoms with E-state index in [0.717, 1.165) is 0 Å². The van der Waals surface area contributed by atoms with E-state index in [2.05, 4.69) is 0 Å². The summed E-state index contributed by atoms with van der Waals surface area (Å²) in [7, 11) is 2.97. The normalized spacial score (nSPS) is 11.2. The van der Waals surface area contributed by atoms with Crippen LogP contribution in [-0.4, -0.2) is 50.2 Å². The zero-order valence-corrected chi connectivity index (χ0v) is 15.4. The van der Waals surface area contributed by atoms with Crippen molar-refractivity contribution in [2.45, 2.75) is 26.4 Å². The van der Waals surface area contributed by atoms with Crippen LogP contribution in [0.5, 0.6) is 11.5 Å². The maximum Gasteiger partial charge on any atom is 0.339 e. The van der Waals surface area contributed by atoms with E-state index >= 15 is 0 Å². The topological polar surface area (TPSA) is 88.9 Å². The SMILES string of the molecule is CCOc1c(Cl)cc(C(=O)O[C@H](C)C(=O)N(C)CCC#N)cc1OC. The third-order valence-corrected chi connectivity index (χ3v) is 3.60. The Labute approximate surface area is 152 Å². The summed E-state index contributed by atoms with van der Waals surface area (Å²) in [6.07, 6.45) is -0.790. The number of likely N-dealkylation sites (N-methyl/N-ethyl adjacent to an activating group) is 1. The average molecular weight is 369 g/mol. The Morgan fingerprint density at radius 1 is 1.40 bits per heavy atom. The van der Waals surface area contributed by atoms with Gasteiger partial charge in [0.15, 0.2) is 17.6 Å². The third kappa shape index (κ3) is 5.54. The number of methoxy groups -OCH3 is 1. The molecule has 0 saturated heterocycles. The predicted molar refractivity (Wildman–Crippen MR) is 91.9 cm³/mol. The summed E-state index contributed by atoms with van der Waals surface area (Å²) in [4.78, 5) is 25.7. The van der Waals surface area contributed by atoms with Gasteiger partial charge in [0.2, 0.25) is 0 Å². The molecule has 0 radical (unpaired) electrons. The lowest BCUT2D eigenvalue weighted by atomic mass is 10.2. The minimum atomic E-state index is -0.993. The molecule has 1 atom stereocenters. The first-order valence-electron chi connectivity index (χ1n) is 7.68. The summed E-state index contributed by atoms with van der Waals surface area (Å²) >= 11 is 6.12. The van der Waals surface area contributed by atoms with Gasteiger partial charge in [-0.2, -0.15) is 5.26 Å². The standard InChI is InChI=1S/C17H21ClN2O5/c1-5-24-15-13(18)9-12(10-14(15)23-4)17(22)25-11(2)16(21)20(3)8-6-7-19/h9-11H,5-6,8H2,1-4H3/t11-/m1/s1. The van der Waals surface area contributed by atoms with E-state index in [1.54, 1.807) is 14.0 Å². The van der Waals surface area contributed by atoms with Crippen LogP contribution in [0.15, 0.2) is 12.1 Å². The summed E-state index contributed by atoms with van der Waals surface area (Å²) in [5.41, 5.74) is 0.143. The maximum atomic E-state index is 12.3. The van der Waals surface area contributed by atoms with Crippen LogP contribution in [0.3, 0.4) is 0 Å². The van der Waals surface area contributed by atoms with E-state index in [1.807, 2.05) is 6.07 Å². The van der Waals surface area contributed by atoms with Crippen LogP contribution in [-0.2, 0) is 9.53 Å². The largest absolute Gasteiger partial charge is 0.493 e. The Hall–Kier alpha value is -2.46. The van der Waals surface area contributed by atoms with Gasteiger partial charge in [-0.15, -0.1) is 0 Å². The molecule has 8 heteroatoms. The molecule has 1 aromatic rings. The molecule has 25 heavy (non-hydrogen) atoms. The van der Waals surface area contributed by atoms with Gasteiger partial charge < -0.3 is 19.1 Å². The first-order chi connectivity index (χ1) is 11.8. The number of nitrogens with zero attached hydrogens (tertiary/aromatic N) is 2. The van der Waals surface area contributed by atoms with Gasteiger partial charge >= 0.3 is 5.97 Å². The number of esters is 1. The molecular weight excluding hydrogens is 348 g/mol. The number of halogens is 1. The molecule has 0 heterocycles. The molecule has 0 spiro atoms. The molecule has 136 valence electrons. The highest BCUT2D eigenvalue weighted by Gasteiger charge is 2.23. The summed E-state index contributed by atoms with van der Waals surface area (Å²) in [6, 6.07) is 4.79. The number of amides is 1. The Bertz CT molecular complexity index is 672. The first kappa shape index (κ1) is 20.6. The second-order valence-electron chi connectivity index (χ2n) is 5.14. The van der Waals surface area contributed by atoms with Crippen molar-refractivity contribution >= 4 is 23.5 Å². The Morgan fingerprint density at radius 2 is 2.08 bits per heavy atom. The molecule has 0 aliphatic carbocycles. The average Bonchev–Trinajstić information content (AvgIpc) is 2.60. The molecule has 0 saturated carbocycles. The van der Waals surface area contributed by atoms with Crippen LogP contribution >= 0.6 is 11.6 Å². The summed E-state index contributed by atoms with van der Waals surface area (Å²) in [5.74, 6) is -0.472. The number of carbonyl (C=O) groups is 2. The fraction of sp³-hybridized carbons (Fsp3) is 0.471. The Morgan fingerprint density at radius 3 is 2.64 bits per heavy atom. The van der Waals surface area contributed by atoms with Gasteiger partial charge in [-0.05, 0) is 26.0 Å². The number of ether oxygens (including phenoxy) is 3. The van der Waals surface area contributed by atoms with Crippen LogP contribution in [0.2, 0.25) is 5.02 Å². The lowest BCUT2D eigenvalue weighted by Crippen LogP contribution is -2.37. The van der Waals surface area contributed by atoms with Crippen LogP contribution in [0.1, 0.15) is 30.6 Å². The molecule has 0 unspecified atom stereocenters. The van der Waals surface area contributed by atoms with Crippen molar-refractivity contribution in [3.8, 4) is 17.6 Å². The fourth-order valence-electron chi connectivity index (χ4n) is 2.04. The lowest BCUT2D eigenvalue weighted by molar-refractivity contribution is -0.138. The van der Waals surface area contributed by atoms with Crippen molar-refractivity contribution in [1.29, 1.82) is 5.26 Å². The van der Waals surface area contributed by atoms with Crippen molar-refractivity contribution in [2.75, 3.05) is 27.3 Å². The molecule has 1 rings (SSSR count). The molecular formula is C17H21ClN2O5. The number of rotatable bonds is 8. The van der Waals surface area contributed by atoms with Crippen LogP contribution in [0.25, 0.3) is 0 Å². The smallest absolute Gasteiger partial charge is 0.339 e. The van der Waals surface area contributed by atoms with Crippen molar-refractivity contribution in [2.24, 2.45) is 0 Å². The predicted octanol–water partition coefficient (Wildman–Crippen LogP) is 2.66. The van der Waals surface area contributed by atoms with Crippen molar-refractivity contribution < 1.29 is 23.8 Å². The van der Waals surface area contributed by atoms with E-state index in [-0.39, 0.29) is 23.6 Å². The van der Waals surface area contributed by atoms with Gasteiger partial charge in [-0.3, -0.25) is 4.79 Å².